The number of carboxylic acids is 1. The summed E-state index contributed by atoms with van der Waals surface area (Å²) in [6.45, 7) is 4.00. The molecule has 0 radical (unpaired) electrons. The van der Waals surface area contributed by atoms with Crippen molar-refractivity contribution in [3.05, 3.63) is 35.0 Å². The Morgan fingerprint density at radius 3 is 2.80 bits per heavy atom. The fourth-order valence-electron chi connectivity index (χ4n) is 3.69. The second-order valence-corrected chi connectivity index (χ2v) is 6.29. The number of carboxylic acid groups (broad SMARTS) is 1. The Morgan fingerprint density at radius 1 is 1.44 bits per heavy atom. The maximum absolute atomic E-state index is 11.5. The molecule has 0 saturated carbocycles. The smallest absolute Gasteiger partial charge is 0.312 e. The van der Waals surface area contributed by atoms with Crippen molar-refractivity contribution in [3.8, 4) is 0 Å². The molecule has 0 fully saturated rings. The van der Waals surface area contributed by atoms with Gasteiger partial charge in [0.2, 0.25) is 0 Å². The van der Waals surface area contributed by atoms with Gasteiger partial charge in [-0.05, 0) is 18.4 Å². The molecule has 1 aromatic carbocycles. The van der Waals surface area contributed by atoms with Crippen LogP contribution in [0.3, 0.4) is 0 Å². The van der Waals surface area contributed by atoms with Crippen molar-refractivity contribution in [2.24, 2.45) is 11.7 Å². The minimum absolute atomic E-state index is 0.160. The van der Waals surface area contributed by atoms with Gasteiger partial charge in [0.05, 0.1) is 18.3 Å². The highest BCUT2D eigenvalue weighted by molar-refractivity contribution is 5.89. The monoisotopic (exact) mass is 344 g/mol. The van der Waals surface area contributed by atoms with E-state index in [0.29, 0.717) is 12.1 Å². The number of urea groups is 1. The van der Waals surface area contributed by atoms with Crippen molar-refractivity contribution in [1.29, 1.82) is 0 Å². The van der Waals surface area contributed by atoms with Crippen LogP contribution in [0.1, 0.15) is 49.2 Å². The van der Waals surface area contributed by atoms with Crippen LogP contribution >= 0.6 is 0 Å². The minimum atomic E-state index is -1.14. The lowest BCUT2D eigenvalue weighted by molar-refractivity contribution is -0.315. The first-order chi connectivity index (χ1) is 12.0. The van der Waals surface area contributed by atoms with E-state index in [0.717, 1.165) is 28.5 Å². The highest BCUT2D eigenvalue weighted by Crippen LogP contribution is 2.42. The van der Waals surface area contributed by atoms with Crippen molar-refractivity contribution in [2.45, 2.75) is 38.8 Å². The molecule has 1 aliphatic rings. The number of nitrogens with two attached hydrogens (primary N) is 1. The van der Waals surface area contributed by atoms with E-state index in [1.54, 1.807) is 6.92 Å². The van der Waals surface area contributed by atoms with Crippen molar-refractivity contribution in [3.63, 3.8) is 0 Å². The number of para-hydroxylation sites is 1. The zero-order chi connectivity index (χ0) is 18.1. The standard InChI is InChI=1S/C18H23N3O4/c1-3-9-6-5-7-11-13-12(20-18(19)24)8-25-16(10(4-2)17(22)23)15(13)21-14(9)11/h5-7,10,12,16,21H,3-4,8H2,1-2H3,(H,22,23)(H3,19,20,24)/p-1. The van der Waals surface area contributed by atoms with Crippen LogP contribution in [0.15, 0.2) is 18.2 Å². The average Bonchev–Trinajstić information content (AvgIpc) is 2.96. The third kappa shape index (κ3) is 2.95. The Hall–Kier alpha value is -2.54. The van der Waals surface area contributed by atoms with E-state index in [2.05, 4.69) is 17.2 Å². The first kappa shape index (κ1) is 17.3. The number of fused-ring (bicyclic) bond motifs is 3. The van der Waals surface area contributed by atoms with Crippen LogP contribution in [0.4, 0.5) is 4.79 Å². The molecule has 134 valence electrons. The van der Waals surface area contributed by atoms with Gasteiger partial charge < -0.3 is 30.7 Å². The number of aromatic amines is 1. The molecule has 3 atom stereocenters. The number of primary amides is 1. The summed E-state index contributed by atoms with van der Waals surface area (Å²) < 4.78 is 5.81. The summed E-state index contributed by atoms with van der Waals surface area (Å²) >= 11 is 0. The summed E-state index contributed by atoms with van der Waals surface area (Å²) in [6.07, 6.45) is 0.567. The molecule has 4 N–H and O–H groups in total. The molecule has 3 unspecified atom stereocenters. The maximum Gasteiger partial charge on any atom is 0.312 e. The van der Waals surface area contributed by atoms with Gasteiger partial charge in [-0.15, -0.1) is 0 Å². The highest BCUT2D eigenvalue weighted by Gasteiger charge is 2.36. The number of carbonyl (C=O) groups excluding carboxylic acids is 2. The number of aryl methyl sites for hydroxylation is 1. The molecular weight excluding hydrogens is 322 g/mol. The Labute approximate surface area is 145 Å². The fourth-order valence-corrected chi connectivity index (χ4v) is 3.69. The lowest BCUT2D eigenvalue weighted by Crippen LogP contribution is -2.42. The molecule has 1 aliphatic heterocycles. The van der Waals surface area contributed by atoms with Crippen molar-refractivity contribution in [1.82, 2.24) is 10.3 Å². The Kier molecular flexibility index (Phi) is 4.67. The van der Waals surface area contributed by atoms with E-state index in [4.69, 9.17) is 10.5 Å². The molecule has 1 aromatic heterocycles. The summed E-state index contributed by atoms with van der Waals surface area (Å²) in [5.41, 5.74) is 8.88. The predicted octanol–water partition coefficient (Wildman–Crippen LogP) is 1.29. The fraction of sp³-hybridized carbons (Fsp3) is 0.444. The molecule has 25 heavy (non-hydrogen) atoms. The normalized spacial score (nSPS) is 20.9. The van der Waals surface area contributed by atoms with E-state index in [1.807, 2.05) is 18.2 Å². The van der Waals surface area contributed by atoms with Crippen molar-refractivity contribution < 1.29 is 19.4 Å². The first-order valence-electron chi connectivity index (χ1n) is 8.49. The average molecular weight is 344 g/mol. The Bertz CT molecular complexity index is 814. The Morgan fingerprint density at radius 2 is 2.20 bits per heavy atom. The zero-order valence-corrected chi connectivity index (χ0v) is 14.3. The lowest BCUT2D eigenvalue weighted by Gasteiger charge is -2.34. The minimum Gasteiger partial charge on any atom is -0.550 e. The topological polar surface area (TPSA) is 120 Å². The highest BCUT2D eigenvalue weighted by atomic mass is 16.5. The number of aliphatic carboxylic acids is 1. The molecule has 2 aromatic rings. The molecule has 0 saturated heterocycles. The van der Waals surface area contributed by atoms with Crippen LogP contribution in [0.2, 0.25) is 0 Å². The molecule has 3 rings (SSSR count). The van der Waals surface area contributed by atoms with Crippen LogP contribution in [0.25, 0.3) is 10.9 Å². The molecule has 2 amide bonds. The van der Waals surface area contributed by atoms with Gasteiger partial charge in [0.25, 0.3) is 0 Å². The third-order valence-electron chi connectivity index (χ3n) is 4.87. The van der Waals surface area contributed by atoms with E-state index < -0.39 is 30.1 Å². The Balaban J connectivity index is 2.20. The number of rotatable bonds is 5. The summed E-state index contributed by atoms with van der Waals surface area (Å²) in [7, 11) is 0. The number of hydrogen-bond acceptors (Lipinski definition) is 4. The summed E-state index contributed by atoms with van der Waals surface area (Å²) in [4.78, 5) is 26.3. The van der Waals surface area contributed by atoms with Gasteiger partial charge >= 0.3 is 6.03 Å². The van der Waals surface area contributed by atoms with Gasteiger partial charge in [-0.25, -0.2) is 4.79 Å². The van der Waals surface area contributed by atoms with E-state index in [-0.39, 0.29) is 6.61 Å². The number of aromatic nitrogens is 1. The molecule has 0 aliphatic carbocycles. The molecule has 0 spiro atoms. The van der Waals surface area contributed by atoms with Gasteiger partial charge in [0.1, 0.15) is 6.10 Å². The van der Waals surface area contributed by atoms with Gasteiger partial charge in [-0.3, -0.25) is 0 Å². The van der Waals surface area contributed by atoms with E-state index in [1.165, 1.54) is 0 Å². The molecule has 2 heterocycles. The zero-order valence-electron chi connectivity index (χ0n) is 14.3. The lowest BCUT2D eigenvalue weighted by atomic mass is 9.89. The van der Waals surface area contributed by atoms with Gasteiger partial charge in [0, 0.05) is 28.4 Å². The van der Waals surface area contributed by atoms with Gasteiger partial charge in [-0.1, -0.05) is 32.0 Å². The summed E-state index contributed by atoms with van der Waals surface area (Å²) in [5, 5.41) is 15.2. The van der Waals surface area contributed by atoms with E-state index >= 15 is 0 Å². The number of carbonyl (C=O) groups is 2. The first-order valence-corrected chi connectivity index (χ1v) is 8.49. The molecule has 7 heteroatoms. The number of H-pyrrole nitrogens is 1. The SMILES string of the molecule is CCc1cccc2c3c([nH]c12)C(C(CC)C(=O)[O-])OCC3NC(N)=O. The van der Waals surface area contributed by atoms with Gasteiger partial charge in [-0.2, -0.15) is 0 Å². The number of ether oxygens (including phenoxy) is 1. The number of nitrogens with one attached hydrogen (secondary N) is 2. The molecule has 7 nitrogen and oxygen atoms in total. The van der Waals surface area contributed by atoms with Crippen molar-refractivity contribution in [2.75, 3.05) is 6.61 Å². The van der Waals surface area contributed by atoms with Crippen LogP contribution in [-0.4, -0.2) is 23.6 Å². The number of benzene rings is 1. The summed E-state index contributed by atoms with van der Waals surface area (Å²) in [6, 6.07) is 4.86. The van der Waals surface area contributed by atoms with Crippen LogP contribution in [0.5, 0.6) is 0 Å². The van der Waals surface area contributed by atoms with Crippen LogP contribution < -0.4 is 16.2 Å². The maximum atomic E-state index is 11.5. The van der Waals surface area contributed by atoms with Gasteiger partial charge in [0.15, 0.2) is 0 Å². The number of hydrogen-bond donors (Lipinski definition) is 3. The predicted molar refractivity (Wildman–Crippen MR) is 90.6 cm³/mol. The molecule has 0 bridgehead atoms. The second-order valence-electron chi connectivity index (χ2n) is 6.29. The van der Waals surface area contributed by atoms with Crippen molar-refractivity contribution >= 4 is 22.9 Å². The van der Waals surface area contributed by atoms with Crippen LogP contribution in [-0.2, 0) is 16.0 Å². The number of amides is 2. The van der Waals surface area contributed by atoms with E-state index in [9.17, 15) is 14.7 Å². The van der Waals surface area contributed by atoms with Crippen LogP contribution in [0, 0.1) is 5.92 Å². The quantitative estimate of drug-likeness (QED) is 0.757. The largest absolute Gasteiger partial charge is 0.550 e. The molecular formula is C18H22N3O4-. The summed E-state index contributed by atoms with van der Waals surface area (Å²) in [5.74, 6) is -1.92. The second kappa shape index (κ2) is 6.76. The third-order valence-corrected chi connectivity index (χ3v) is 4.87.